The molecule has 2 aromatic rings. The third-order valence-corrected chi connectivity index (χ3v) is 4.09. The highest BCUT2D eigenvalue weighted by atomic mass is 16.5. The van der Waals surface area contributed by atoms with E-state index in [1.807, 2.05) is 64.1 Å². The fourth-order valence-electron chi connectivity index (χ4n) is 2.86. The minimum Gasteiger partial charge on any atom is -0.478 e. The Morgan fingerprint density at radius 2 is 1.04 bits per heavy atom. The SMILES string of the molecule is CC.CC.c1ccc([C@@H]2COC(CC3=N[C@H](c4ccccc4)CO3)=N2)cc1. The Kier molecular flexibility index (Phi) is 8.56. The summed E-state index contributed by atoms with van der Waals surface area (Å²) >= 11 is 0. The Morgan fingerprint density at radius 3 is 1.41 bits per heavy atom. The molecular weight excluding hydrogens is 336 g/mol. The zero-order valence-electron chi connectivity index (χ0n) is 16.8. The molecular formula is C23H30N2O2. The van der Waals surface area contributed by atoms with Gasteiger partial charge in [0, 0.05) is 0 Å². The summed E-state index contributed by atoms with van der Waals surface area (Å²) in [4.78, 5) is 9.31. The lowest BCUT2D eigenvalue weighted by atomic mass is 10.1. The van der Waals surface area contributed by atoms with Gasteiger partial charge in [-0.05, 0) is 11.1 Å². The fraction of sp³-hybridized carbons (Fsp3) is 0.391. The van der Waals surface area contributed by atoms with Crippen molar-refractivity contribution in [3.05, 3.63) is 71.8 Å². The van der Waals surface area contributed by atoms with Crippen LogP contribution >= 0.6 is 0 Å². The van der Waals surface area contributed by atoms with Crippen LogP contribution in [0.4, 0.5) is 0 Å². The van der Waals surface area contributed by atoms with Gasteiger partial charge in [0.25, 0.3) is 0 Å². The first-order valence-electron chi connectivity index (χ1n) is 9.87. The van der Waals surface area contributed by atoms with E-state index in [1.54, 1.807) is 0 Å². The molecule has 0 spiro atoms. The molecule has 0 aromatic heterocycles. The van der Waals surface area contributed by atoms with E-state index >= 15 is 0 Å². The van der Waals surface area contributed by atoms with E-state index in [0.717, 1.165) is 0 Å². The van der Waals surface area contributed by atoms with Crippen molar-refractivity contribution in [3.63, 3.8) is 0 Å². The molecule has 0 bridgehead atoms. The standard InChI is InChI=1S/C19H18N2O2.2C2H6/c1-3-7-14(8-4-1)16-12-22-18(20-16)11-19-21-17(13-23-19)15-9-5-2-6-10-15;2*1-2/h1-10,16-17H,11-13H2;2*1-2H3/t16-,17-;;/m0../s1. The van der Waals surface area contributed by atoms with Crippen LogP contribution in [0.3, 0.4) is 0 Å². The molecule has 2 aromatic carbocycles. The summed E-state index contributed by atoms with van der Waals surface area (Å²) < 4.78 is 11.4. The fourth-order valence-corrected chi connectivity index (χ4v) is 2.86. The molecule has 144 valence electrons. The van der Waals surface area contributed by atoms with Gasteiger partial charge < -0.3 is 9.47 Å². The Labute approximate surface area is 163 Å². The Balaban J connectivity index is 0.000000614. The molecule has 0 saturated carbocycles. The van der Waals surface area contributed by atoms with Crippen LogP contribution in [0.25, 0.3) is 0 Å². The molecule has 0 radical (unpaired) electrons. The van der Waals surface area contributed by atoms with Crippen LogP contribution in [-0.2, 0) is 9.47 Å². The van der Waals surface area contributed by atoms with Crippen molar-refractivity contribution in [2.45, 2.75) is 46.2 Å². The molecule has 0 saturated heterocycles. The molecule has 0 aliphatic carbocycles. The summed E-state index contributed by atoms with van der Waals surface area (Å²) in [7, 11) is 0. The Hall–Kier alpha value is -2.62. The topological polar surface area (TPSA) is 43.2 Å². The highest BCUT2D eigenvalue weighted by molar-refractivity contribution is 5.98. The van der Waals surface area contributed by atoms with E-state index < -0.39 is 0 Å². The van der Waals surface area contributed by atoms with Crippen LogP contribution in [0.1, 0.15) is 57.3 Å². The number of nitrogens with zero attached hydrogens (tertiary/aromatic N) is 2. The van der Waals surface area contributed by atoms with Gasteiger partial charge in [0.05, 0.1) is 6.42 Å². The van der Waals surface area contributed by atoms with E-state index in [0.29, 0.717) is 31.4 Å². The molecule has 0 amide bonds. The normalized spacial score (nSPS) is 20.0. The predicted octanol–water partition coefficient (Wildman–Crippen LogP) is 5.77. The van der Waals surface area contributed by atoms with Gasteiger partial charge in [-0.25, -0.2) is 9.98 Å². The quantitative estimate of drug-likeness (QED) is 0.689. The van der Waals surface area contributed by atoms with Crippen molar-refractivity contribution < 1.29 is 9.47 Å². The lowest BCUT2D eigenvalue weighted by molar-refractivity contribution is 0.300. The number of hydrogen-bond acceptors (Lipinski definition) is 4. The zero-order chi connectivity index (χ0) is 19.5. The van der Waals surface area contributed by atoms with Crippen molar-refractivity contribution in [1.82, 2.24) is 0 Å². The van der Waals surface area contributed by atoms with Gasteiger partial charge >= 0.3 is 0 Å². The third kappa shape index (κ3) is 5.68. The van der Waals surface area contributed by atoms with E-state index in [9.17, 15) is 0 Å². The van der Waals surface area contributed by atoms with E-state index in [-0.39, 0.29) is 12.1 Å². The van der Waals surface area contributed by atoms with Crippen LogP contribution in [-0.4, -0.2) is 25.0 Å². The zero-order valence-corrected chi connectivity index (χ0v) is 16.8. The van der Waals surface area contributed by atoms with E-state index in [4.69, 9.17) is 9.47 Å². The van der Waals surface area contributed by atoms with E-state index in [2.05, 4.69) is 34.3 Å². The number of ether oxygens (including phenoxy) is 2. The molecule has 2 heterocycles. The molecule has 0 fully saturated rings. The van der Waals surface area contributed by atoms with Crippen LogP contribution in [0.2, 0.25) is 0 Å². The maximum atomic E-state index is 5.71. The van der Waals surface area contributed by atoms with Crippen LogP contribution in [0.5, 0.6) is 0 Å². The van der Waals surface area contributed by atoms with Crippen LogP contribution in [0, 0.1) is 0 Å². The van der Waals surface area contributed by atoms with Gasteiger partial charge in [-0.1, -0.05) is 88.4 Å². The van der Waals surface area contributed by atoms with Gasteiger partial charge in [-0.15, -0.1) is 0 Å². The first-order valence-corrected chi connectivity index (χ1v) is 9.87. The lowest BCUT2D eigenvalue weighted by Gasteiger charge is -2.03. The van der Waals surface area contributed by atoms with Gasteiger partial charge in [0.2, 0.25) is 0 Å². The lowest BCUT2D eigenvalue weighted by Crippen LogP contribution is -2.08. The molecule has 27 heavy (non-hydrogen) atoms. The summed E-state index contributed by atoms with van der Waals surface area (Å²) in [5, 5.41) is 0. The van der Waals surface area contributed by atoms with Gasteiger partial charge in [0.15, 0.2) is 11.8 Å². The van der Waals surface area contributed by atoms with Crippen molar-refractivity contribution >= 4 is 11.8 Å². The first kappa shape index (κ1) is 20.7. The van der Waals surface area contributed by atoms with Gasteiger partial charge in [-0.2, -0.15) is 0 Å². The number of hydrogen-bond donors (Lipinski definition) is 0. The van der Waals surface area contributed by atoms with Crippen molar-refractivity contribution in [1.29, 1.82) is 0 Å². The molecule has 4 nitrogen and oxygen atoms in total. The molecule has 0 unspecified atom stereocenters. The summed E-state index contributed by atoms with van der Waals surface area (Å²) in [5.41, 5.74) is 2.36. The minimum atomic E-state index is 0.0816. The summed E-state index contributed by atoms with van der Waals surface area (Å²) in [6, 6.07) is 20.6. The molecule has 2 aliphatic heterocycles. The number of rotatable bonds is 4. The second-order valence-electron chi connectivity index (χ2n) is 5.70. The van der Waals surface area contributed by atoms with Crippen LogP contribution in [0.15, 0.2) is 70.6 Å². The molecule has 0 N–H and O–H groups in total. The summed E-state index contributed by atoms with van der Waals surface area (Å²) in [6.07, 6.45) is 0.534. The maximum absolute atomic E-state index is 5.71. The molecule has 2 atom stereocenters. The monoisotopic (exact) mass is 366 g/mol. The first-order chi connectivity index (χ1) is 13.4. The average molecular weight is 367 g/mol. The second kappa shape index (κ2) is 11.2. The highest BCUT2D eigenvalue weighted by Crippen LogP contribution is 2.26. The largest absolute Gasteiger partial charge is 0.478 e. The van der Waals surface area contributed by atoms with Crippen LogP contribution < -0.4 is 0 Å². The second-order valence-corrected chi connectivity index (χ2v) is 5.70. The molecule has 4 rings (SSSR count). The summed E-state index contributed by atoms with van der Waals surface area (Å²) in [5.74, 6) is 1.43. The van der Waals surface area contributed by atoms with Crippen molar-refractivity contribution in [2.24, 2.45) is 9.98 Å². The predicted molar refractivity (Wildman–Crippen MR) is 112 cm³/mol. The number of benzene rings is 2. The third-order valence-electron chi connectivity index (χ3n) is 4.09. The van der Waals surface area contributed by atoms with Crippen molar-refractivity contribution in [2.75, 3.05) is 13.2 Å². The Bertz CT molecular complexity index is 663. The molecule has 2 aliphatic rings. The summed E-state index contributed by atoms with van der Waals surface area (Å²) in [6.45, 7) is 9.18. The van der Waals surface area contributed by atoms with Gasteiger partial charge in [-0.3, -0.25) is 0 Å². The molecule has 4 heteroatoms. The van der Waals surface area contributed by atoms with Crippen molar-refractivity contribution in [3.8, 4) is 0 Å². The smallest absolute Gasteiger partial charge is 0.193 e. The number of aliphatic imine (C=N–C) groups is 2. The Morgan fingerprint density at radius 1 is 0.667 bits per heavy atom. The minimum absolute atomic E-state index is 0.0816. The van der Waals surface area contributed by atoms with E-state index in [1.165, 1.54) is 11.1 Å². The maximum Gasteiger partial charge on any atom is 0.193 e. The van der Waals surface area contributed by atoms with Gasteiger partial charge in [0.1, 0.15) is 25.3 Å². The highest BCUT2D eigenvalue weighted by Gasteiger charge is 2.26. The average Bonchev–Trinajstić information content (AvgIpc) is 3.43.